The lowest BCUT2D eigenvalue weighted by atomic mass is 10.2. The van der Waals surface area contributed by atoms with Gasteiger partial charge in [0.1, 0.15) is 6.17 Å². The lowest BCUT2D eigenvalue weighted by molar-refractivity contribution is 0.199. The maximum atomic E-state index is 12.9. The van der Waals surface area contributed by atoms with E-state index in [1.807, 2.05) is 6.92 Å². The minimum Gasteiger partial charge on any atom is -0.296 e. The number of halogens is 1. The summed E-state index contributed by atoms with van der Waals surface area (Å²) in [6, 6.07) is 0. The molecule has 0 aromatic rings. The topological polar surface area (TPSA) is 3.24 Å². The maximum Gasteiger partial charge on any atom is 0.112 e. The number of alkyl halides is 1. The highest BCUT2D eigenvalue weighted by molar-refractivity contribution is 4.91. The van der Waals surface area contributed by atoms with Gasteiger partial charge in [0.25, 0.3) is 0 Å². The van der Waals surface area contributed by atoms with Crippen LogP contribution in [-0.4, -0.2) is 30.7 Å². The fraction of sp³-hybridized carbons (Fsp3) is 0.778. The molecule has 0 aliphatic carbocycles. The Labute approximate surface area is 67.9 Å². The van der Waals surface area contributed by atoms with E-state index >= 15 is 0 Å². The van der Waals surface area contributed by atoms with E-state index in [2.05, 4.69) is 17.1 Å². The van der Waals surface area contributed by atoms with Gasteiger partial charge in [-0.25, -0.2) is 4.39 Å². The van der Waals surface area contributed by atoms with Crippen molar-refractivity contribution in [2.75, 3.05) is 19.6 Å². The second-order valence-corrected chi connectivity index (χ2v) is 3.03. The quantitative estimate of drug-likeness (QED) is 0.566. The van der Waals surface area contributed by atoms with Crippen LogP contribution in [0.2, 0.25) is 0 Å². The van der Waals surface area contributed by atoms with Gasteiger partial charge in [-0.1, -0.05) is 19.1 Å². The average molecular weight is 157 g/mol. The smallest absolute Gasteiger partial charge is 0.112 e. The first-order chi connectivity index (χ1) is 5.33. The van der Waals surface area contributed by atoms with Crippen LogP contribution >= 0.6 is 0 Å². The second-order valence-electron chi connectivity index (χ2n) is 3.03. The summed E-state index contributed by atoms with van der Waals surface area (Å²) in [5.41, 5.74) is 0. The monoisotopic (exact) mass is 157 g/mol. The summed E-state index contributed by atoms with van der Waals surface area (Å²) in [5.74, 6) is 0. The highest BCUT2D eigenvalue weighted by Crippen LogP contribution is 2.05. The molecule has 0 saturated carbocycles. The summed E-state index contributed by atoms with van der Waals surface area (Å²) < 4.78 is 12.9. The molecule has 1 heterocycles. The van der Waals surface area contributed by atoms with E-state index in [0.29, 0.717) is 13.0 Å². The highest BCUT2D eigenvalue weighted by Gasteiger charge is 2.11. The molecular formula is C9H16FN. The van der Waals surface area contributed by atoms with Crippen molar-refractivity contribution in [1.82, 2.24) is 4.90 Å². The first-order valence-corrected chi connectivity index (χ1v) is 4.34. The molecule has 1 aliphatic rings. The van der Waals surface area contributed by atoms with Gasteiger partial charge in [-0.3, -0.25) is 4.90 Å². The van der Waals surface area contributed by atoms with E-state index < -0.39 is 6.17 Å². The van der Waals surface area contributed by atoms with Crippen molar-refractivity contribution < 1.29 is 4.39 Å². The van der Waals surface area contributed by atoms with Crippen molar-refractivity contribution in [3.63, 3.8) is 0 Å². The molecule has 0 aromatic heterocycles. The van der Waals surface area contributed by atoms with Crippen LogP contribution in [0.3, 0.4) is 0 Å². The van der Waals surface area contributed by atoms with Crippen LogP contribution in [0.25, 0.3) is 0 Å². The van der Waals surface area contributed by atoms with Crippen molar-refractivity contribution in [3.8, 4) is 0 Å². The van der Waals surface area contributed by atoms with Gasteiger partial charge in [-0.2, -0.15) is 0 Å². The molecule has 0 radical (unpaired) electrons. The maximum absolute atomic E-state index is 12.9. The Morgan fingerprint density at radius 3 is 2.91 bits per heavy atom. The third kappa shape index (κ3) is 3.02. The third-order valence-electron chi connectivity index (χ3n) is 2.04. The Morgan fingerprint density at radius 1 is 1.55 bits per heavy atom. The van der Waals surface area contributed by atoms with Crippen molar-refractivity contribution in [1.29, 1.82) is 0 Å². The normalized spacial score (nSPS) is 22.0. The molecule has 0 N–H and O–H groups in total. The van der Waals surface area contributed by atoms with Gasteiger partial charge in [-0.05, 0) is 12.8 Å². The molecule has 1 rings (SSSR count). The zero-order valence-corrected chi connectivity index (χ0v) is 7.09. The summed E-state index contributed by atoms with van der Waals surface area (Å²) in [6.45, 7) is 4.46. The number of nitrogens with zero attached hydrogens (tertiary/aromatic N) is 1. The number of rotatable bonds is 3. The SMILES string of the molecule is CCC(F)CN1CC=CCC1. The van der Waals surface area contributed by atoms with Crippen LogP contribution in [0, 0.1) is 0 Å². The lowest BCUT2D eigenvalue weighted by Crippen LogP contribution is -2.32. The molecule has 1 aliphatic heterocycles. The van der Waals surface area contributed by atoms with Gasteiger partial charge in [0.15, 0.2) is 0 Å². The van der Waals surface area contributed by atoms with Crippen molar-refractivity contribution in [2.24, 2.45) is 0 Å². The molecule has 0 fully saturated rings. The average Bonchev–Trinajstić information content (AvgIpc) is 2.06. The Bertz CT molecular complexity index is 134. The van der Waals surface area contributed by atoms with Crippen molar-refractivity contribution >= 4 is 0 Å². The summed E-state index contributed by atoms with van der Waals surface area (Å²) in [7, 11) is 0. The van der Waals surface area contributed by atoms with Gasteiger partial charge in [0.05, 0.1) is 0 Å². The van der Waals surface area contributed by atoms with Crippen LogP contribution in [0.4, 0.5) is 4.39 Å². The van der Waals surface area contributed by atoms with Crippen LogP contribution in [-0.2, 0) is 0 Å². The van der Waals surface area contributed by atoms with Crippen molar-refractivity contribution in [2.45, 2.75) is 25.9 Å². The minimum absolute atomic E-state index is 0.612. The largest absolute Gasteiger partial charge is 0.296 e. The molecule has 0 bridgehead atoms. The standard InChI is InChI=1S/C9H16FN/c1-2-9(10)8-11-6-4-3-5-7-11/h3-4,9H,2,5-8H2,1H3. The van der Waals surface area contributed by atoms with Crippen LogP contribution < -0.4 is 0 Å². The molecule has 1 atom stereocenters. The van der Waals surface area contributed by atoms with Gasteiger partial charge < -0.3 is 0 Å². The van der Waals surface area contributed by atoms with E-state index in [1.165, 1.54) is 0 Å². The molecule has 0 spiro atoms. The lowest BCUT2D eigenvalue weighted by Gasteiger charge is -2.24. The summed E-state index contributed by atoms with van der Waals surface area (Å²) >= 11 is 0. The van der Waals surface area contributed by atoms with E-state index in [-0.39, 0.29) is 0 Å². The predicted molar refractivity (Wildman–Crippen MR) is 45.4 cm³/mol. The van der Waals surface area contributed by atoms with Gasteiger partial charge in [0, 0.05) is 19.6 Å². The molecule has 0 saturated heterocycles. The van der Waals surface area contributed by atoms with Gasteiger partial charge >= 0.3 is 0 Å². The third-order valence-corrected chi connectivity index (χ3v) is 2.04. The van der Waals surface area contributed by atoms with Crippen molar-refractivity contribution in [3.05, 3.63) is 12.2 Å². The molecule has 2 heteroatoms. The van der Waals surface area contributed by atoms with Gasteiger partial charge in [-0.15, -0.1) is 0 Å². The second kappa shape index (κ2) is 4.50. The molecule has 0 amide bonds. The fourth-order valence-corrected chi connectivity index (χ4v) is 1.26. The molecular weight excluding hydrogens is 141 g/mol. The van der Waals surface area contributed by atoms with E-state index in [9.17, 15) is 4.39 Å². The van der Waals surface area contributed by atoms with Crippen LogP contribution in [0.15, 0.2) is 12.2 Å². The summed E-state index contributed by atoms with van der Waals surface area (Å²) in [5, 5.41) is 0. The predicted octanol–water partition coefficient (Wildman–Crippen LogP) is 2.00. The zero-order chi connectivity index (χ0) is 8.10. The first kappa shape index (κ1) is 8.72. The highest BCUT2D eigenvalue weighted by atomic mass is 19.1. The van der Waals surface area contributed by atoms with Gasteiger partial charge in [0.2, 0.25) is 0 Å². The summed E-state index contributed by atoms with van der Waals surface area (Å²) in [4.78, 5) is 2.16. The van der Waals surface area contributed by atoms with Crippen LogP contribution in [0.5, 0.6) is 0 Å². The zero-order valence-electron chi connectivity index (χ0n) is 7.09. The molecule has 11 heavy (non-hydrogen) atoms. The molecule has 1 unspecified atom stereocenters. The van der Waals surface area contributed by atoms with E-state index in [4.69, 9.17) is 0 Å². The Hall–Kier alpha value is -0.370. The molecule has 1 nitrogen and oxygen atoms in total. The van der Waals surface area contributed by atoms with E-state index in [1.54, 1.807) is 0 Å². The number of hydrogen-bond donors (Lipinski definition) is 0. The Morgan fingerprint density at radius 2 is 2.36 bits per heavy atom. The minimum atomic E-state index is -0.638. The number of hydrogen-bond acceptors (Lipinski definition) is 1. The van der Waals surface area contributed by atoms with Crippen LogP contribution in [0.1, 0.15) is 19.8 Å². The van der Waals surface area contributed by atoms with E-state index in [0.717, 1.165) is 19.5 Å². The molecule has 0 aromatic carbocycles. The fourth-order valence-electron chi connectivity index (χ4n) is 1.26. The Kier molecular flexibility index (Phi) is 3.57. The molecule has 64 valence electrons. The first-order valence-electron chi connectivity index (χ1n) is 4.34. The summed E-state index contributed by atoms with van der Waals surface area (Å²) in [6.07, 6.45) is 5.36. The Balaban J connectivity index is 2.20.